The van der Waals surface area contributed by atoms with E-state index in [1.807, 2.05) is 30.3 Å². The molecule has 23 heavy (non-hydrogen) atoms. The quantitative estimate of drug-likeness (QED) is 0.303. The van der Waals surface area contributed by atoms with E-state index in [0.717, 1.165) is 5.75 Å². The molecule has 0 radical (unpaired) electrons. The number of aliphatic hydroxyl groups excluding tert-OH is 2. The molecule has 1 aliphatic rings. The molecular weight excluding hydrogens is 320 g/mol. The molecule has 0 aliphatic heterocycles. The van der Waals surface area contributed by atoms with Crippen molar-refractivity contribution in [2.24, 2.45) is 11.8 Å². The van der Waals surface area contributed by atoms with Crippen LogP contribution >= 0.6 is 11.6 Å². The average Bonchev–Trinajstić information content (AvgIpc) is 2.70. The van der Waals surface area contributed by atoms with Gasteiger partial charge in [-0.3, -0.25) is 0 Å². The second-order valence-electron chi connectivity index (χ2n) is 5.63. The van der Waals surface area contributed by atoms with Crippen LogP contribution in [0.1, 0.15) is 12.8 Å². The van der Waals surface area contributed by atoms with E-state index >= 15 is 0 Å². The van der Waals surface area contributed by atoms with Crippen molar-refractivity contribution in [1.29, 1.82) is 0 Å². The number of rotatable bonds is 7. The first kappa shape index (κ1) is 17.9. The van der Waals surface area contributed by atoms with Crippen molar-refractivity contribution in [2.75, 3.05) is 6.61 Å². The van der Waals surface area contributed by atoms with Crippen molar-refractivity contribution < 1.29 is 24.9 Å². The standard InChI is InChI=1S/C17H21ClO5/c18-17(22)14(9-10-19)15(20)13(16(17)21)8-4-5-11-23-12-6-2-1-3-7-12/h1-4,6-8,10,13-16,20-22H,5,9,11H2/t13?,14-,15-,16-,17+/m0/s1. The number of carbonyl (C=O) groups excluding carboxylic acids is 1. The molecule has 0 spiro atoms. The van der Waals surface area contributed by atoms with E-state index < -0.39 is 29.1 Å². The van der Waals surface area contributed by atoms with E-state index in [-0.39, 0.29) is 6.42 Å². The lowest BCUT2D eigenvalue weighted by atomic mass is 9.97. The summed E-state index contributed by atoms with van der Waals surface area (Å²) in [6, 6.07) is 9.37. The van der Waals surface area contributed by atoms with Gasteiger partial charge in [-0.2, -0.15) is 0 Å². The van der Waals surface area contributed by atoms with Crippen LogP contribution in [0.4, 0.5) is 0 Å². The van der Waals surface area contributed by atoms with E-state index in [4.69, 9.17) is 16.3 Å². The second kappa shape index (κ2) is 7.93. The monoisotopic (exact) mass is 340 g/mol. The summed E-state index contributed by atoms with van der Waals surface area (Å²) in [6.07, 6.45) is 1.99. The molecule has 0 bridgehead atoms. The fraction of sp³-hybridized carbons (Fsp3) is 0.471. The summed E-state index contributed by atoms with van der Waals surface area (Å²) in [5.41, 5.74) is 0. The zero-order chi connectivity index (χ0) is 16.9. The molecule has 1 saturated carbocycles. The van der Waals surface area contributed by atoms with Crippen molar-refractivity contribution in [3.8, 4) is 5.75 Å². The molecule has 1 unspecified atom stereocenters. The smallest absolute Gasteiger partial charge is 0.170 e. The Morgan fingerprint density at radius 2 is 1.96 bits per heavy atom. The Bertz CT molecular complexity index is 531. The van der Waals surface area contributed by atoms with Crippen LogP contribution in [0.2, 0.25) is 0 Å². The third kappa shape index (κ3) is 4.12. The first-order chi connectivity index (χ1) is 11.0. The van der Waals surface area contributed by atoms with E-state index in [9.17, 15) is 20.1 Å². The van der Waals surface area contributed by atoms with Crippen LogP contribution in [0.5, 0.6) is 5.75 Å². The maximum Gasteiger partial charge on any atom is 0.170 e. The van der Waals surface area contributed by atoms with E-state index in [1.54, 1.807) is 12.2 Å². The summed E-state index contributed by atoms with van der Waals surface area (Å²) in [5.74, 6) is -0.853. The summed E-state index contributed by atoms with van der Waals surface area (Å²) in [5, 5.41) is 28.3. The first-order valence-electron chi connectivity index (χ1n) is 7.54. The largest absolute Gasteiger partial charge is 0.493 e. The Hall–Kier alpha value is -1.40. The number of benzene rings is 1. The van der Waals surface area contributed by atoms with Gasteiger partial charge in [0.05, 0.1) is 12.7 Å². The third-order valence-corrected chi connectivity index (χ3v) is 4.61. The van der Waals surface area contributed by atoms with Crippen molar-refractivity contribution in [2.45, 2.75) is 30.1 Å². The number of halogens is 1. The number of alkyl halides is 1. The second-order valence-corrected chi connectivity index (χ2v) is 6.23. The number of aliphatic hydroxyl groups is 3. The molecule has 0 amide bonds. The summed E-state index contributed by atoms with van der Waals surface area (Å²) in [7, 11) is 0. The van der Waals surface area contributed by atoms with Crippen molar-refractivity contribution >= 4 is 17.9 Å². The van der Waals surface area contributed by atoms with Crippen LogP contribution in [0.3, 0.4) is 0 Å². The fourth-order valence-corrected chi connectivity index (χ4v) is 3.19. The molecule has 1 aromatic rings. The molecule has 0 aromatic heterocycles. The molecule has 1 aliphatic carbocycles. The average molecular weight is 341 g/mol. The van der Waals surface area contributed by atoms with E-state index in [1.165, 1.54) is 0 Å². The molecule has 0 saturated heterocycles. The number of para-hydroxylation sites is 1. The number of ether oxygens (including phenoxy) is 1. The Balaban J connectivity index is 1.87. The van der Waals surface area contributed by atoms with Gasteiger partial charge in [-0.1, -0.05) is 42.0 Å². The van der Waals surface area contributed by atoms with Gasteiger partial charge in [0.15, 0.2) is 5.06 Å². The van der Waals surface area contributed by atoms with E-state index in [0.29, 0.717) is 19.3 Å². The summed E-state index contributed by atoms with van der Waals surface area (Å²) in [4.78, 5) is 10.6. The van der Waals surface area contributed by atoms with Gasteiger partial charge >= 0.3 is 0 Å². The van der Waals surface area contributed by atoms with E-state index in [2.05, 4.69) is 0 Å². The highest BCUT2D eigenvalue weighted by Crippen LogP contribution is 2.45. The van der Waals surface area contributed by atoms with Crippen LogP contribution in [0, 0.1) is 11.8 Å². The molecule has 0 heterocycles. The number of hydrogen-bond acceptors (Lipinski definition) is 5. The Labute approximate surface area is 140 Å². The predicted molar refractivity (Wildman–Crippen MR) is 86.2 cm³/mol. The third-order valence-electron chi connectivity index (χ3n) is 4.11. The molecule has 1 fully saturated rings. The van der Waals surface area contributed by atoms with Gasteiger partial charge in [0, 0.05) is 18.3 Å². The van der Waals surface area contributed by atoms with Gasteiger partial charge in [-0.05, 0) is 18.6 Å². The predicted octanol–water partition coefficient (Wildman–Crippen LogP) is 1.50. The Kier molecular flexibility index (Phi) is 6.18. The van der Waals surface area contributed by atoms with Gasteiger partial charge in [-0.15, -0.1) is 0 Å². The minimum absolute atomic E-state index is 0.111. The number of aldehydes is 1. The van der Waals surface area contributed by atoms with Crippen LogP contribution in [0.25, 0.3) is 0 Å². The Morgan fingerprint density at radius 1 is 1.26 bits per heavy atom. The number of carbonyl (C=O) groups is 1. The Morgan fingerprint density at radius 3 is 2.61 bits per heavy atom. The molecule has 2 rings (SSSR count). The van der Waals surface area contributed by atoms with Gasteiger partial charge in [0.25, 0.3) is 0 Å². The maximum absolute atomic E-state index is 10.6. The number of hydrogen-bond donors (Lipinski definition) is 3. The highest BCUT2D eigenvalue weighted by Gasteiger charge is 2.57. The summed E-state index contributed by atoms with van der Waals surface area (Å²) < 4.78 is 5.53. The lowest BCUT2D eigenvalue weighted by Gasteiger charge is -2.25. The molecule has 5 atom stereocenters. The van der Waals surface area contributed by atoms with Gasteiger partial charge in [-0.25, -0.2) is 0 Å². The van der Waals surface area contributed by atoms with Crippen molar-refractivity contribution in [3.63, 3.8) is 0 Å². The minimum atomic E-state index is -2.00. The topological polar surface area (TPSA) is 87.0 Å². The molecule has 126 valence electrons. The lowest BCUT2D eigenvalue weighted by molar-refractivity contribution is -0.111. The van der Waals surface area contributed by atoms with Gasteiger partial charge in [0.1, 0.15) is 18.1 Å². The zero-order valence-corrected chi connectivity index (χ0v) is 13.3. The minimum Gasteiger partial charge on any atom is -0.493 e. The highest BCUT2D eigenvalue weighted by molar-refractivity contribution is 6.23. The van der Waals surface area contributed by atoms with Crippen LogP contribution in [-0.4, -0.2) is 45.5 Å². The normalized spacial score (nSPS) is 33.9. The van der Waals surface area contributed by atoms with Crippen molar-refractivity contribution in [3.05, 3.63) is 42.5 Å². The molecular formula is C17H21ClO5. The fourth-order valence-electron chi connectivity index (χ4n) is 2.83. The zero-order valence-electron chi connectivity index (χ0n) is 12.6. The van der Waals surface area contributed by atoms with Crippen LogP contribution in [-0.2, 0) is 4.79 Å². The van der Waals surface area contributed by atoms with Crippen molar-refractivity contribution in [1.82, 2.24) is 0 Å². The first-order valence-corrected chi connectivity index (χ1v) is 7.91. The molecule has 5 nitrogen and oxygen atoms in total. The SMILES string of the molecule is O=CC[C@H]1[C@@H](O)C(C=CCCOc2ccccc2)[C@H](O)[C@@]1(O)Cl. The van der Waals surface area contributed by atoms with Gasteiger partial charge < -0.3 is 24.9 Å². The van der Waals surface area contributed by atoms with Crippen LogP contribution in [0.15, 0.2) is 42.5 Å². The lowest BCUT2D eigenvalue weighted by Crippen LogP contribution is -2.39. The highest BCUT2D eigenvalue weighted by atomic mass is 35.5. The van der Waals surface area contributed by atoms with Crippen LogP contribution < -0.4 is 4.74 Å². The summed E-state index contributed by atoms with van der Waals surface area (Å²) in [6.45, 7) is 0.447. The molecule has 6 heteroatoms. The molecule has 3 N–H and O–H groups in total. The maximum atomic E-state index is 10.6. The van der Waals surface area contributed by atoms with Gasteiger partial charge in [0.2, 0.25) is 0 Å². The summed E-state index contributed by atoms with van der Waals surface area (Å²) >= 11 is 5.90. The molecule has 1 aromatic carbocycles.